The summed E-state index contributed by atoms with van der Waals surface area (Å²) < 4.78 is 0. The van der Waals surface area contributed by atoms with Gasteiger partial charge in [-0.25, -0.2) is 0 Å². The molecule has 1 heterocycles. The molecule has 2 heteroatoms. The van der Waals surface area contributed by atoms with Crippen molar-refractivity contribution >= 4 is 23.2 Å². The summed E-state index contributed by atoms with van der Waals surface area (Å²) in [4.78, 5) is 11.9. The summed E-state index contributed by atoms with van der Waals surface area (Å²) in [6, 6.07) is 17.7. The van der Waals surface area contributed by atoms with Gasteiger partial charge >= 0.3 is 0 Å². The van der Waals surface area contributed by atoms with Crippen LogP contribution >= 0.6 is 0 Å². The monoisotopic (exact) mass is 247 g/mol. The van der Waals surface area contributed by atoms with Crippen molar-refractivity contribution in [2.75, 3.05) is 5.32 Å². The highest BCUT2D eigenvalue weighted by Gasteiger charge is 2.22. The average molecular weight is 247 g/mol. The van der Waals surface area contributed by atoms with Gasteiger partial charge in [0, 0.05) is 16.8 Å². The molecular weight excluding hydrogens is 234 g/mol. The molecule has 0 saturated heterocycles. The van der Waals surface area contributed by atoms with E-state index in [-0.39, 0.29) is 5.91 Å². The lowest BCUT2D eigenvalue weighted by atomic mass is 10.1. The first-order valence-corrected chi connectivity index (χ1v) is 6.19. The average Bonchev–Trinajstić information content (AvgIpc) is 2.76. The van der Waals surface area contributed by atoms with E-state index < -0.39 is 0 Å². The van der Waals surface area contributed by atoms with Crippen LogP contribution in [0.3, 0.4) is 0 Å². The summed E-state index contributed by atoms with van der Waals surface area (Å²) in [5.41, 5.74) is 3.67. The van der Waals surface area contributed by atoms with E-state index in [1.807, 2.05) is 72.8 Å². The van der Waals surface area contributed by atoms with Gasteiger partial charge in [0.15, 0.2) is 0 Å². The molecule has 1 N–H and O–H groups in total. The molecule has 0 unspecified atom stereocenters. The molecule has 0 bridgehead atoms. The fraction of sp³-hybridized carbons (Fsp3) is 0. The molecule has 2 aromatic rings. The van der Waals surface area contributed by atoms with Crippen LogP contribution in [0.4, 0.5) is 5.69 Å². The number of para-hydroxylation sites is 1. The normalized spacial score (nSPS) is 15.8. The van der Waals surface area contributed by atoms with E-state index in [0.717, 1.165) is 16.8 Å². The lowest BCUT2D eigenvalue weighted by Gasteiger charge is -1.95. The number of allylic oxidation sites excluding steroid dienone is 2. The first-order chi connectivity index (χ1) is 9.34. The highest BCUT2D eigenvalue weighted by Crippen LogP contribution is 2.31. The zero-order chi connectivity index (χ0) is 13.1. The largest absolute Gasteiger partial charge is 0.321 e. The maximum absolute atomic E-state index is 11.9. The van der Waals surface area contributed by atoms with Crippen LogP contribution in [0.15, 0.2) is 66.7 Å². The predicted molar refractivity (Wildman–Crippen MR) is 78.5 cm³/mol. The van der Waals surface area contributed by atoms with E-state index in [1.54, 1.807) is 0 Å². The van der Waals surface area contributed by atoms with Crippen molar-refractivity contribution < 1.29 is 4.79 Å². The Morgan fingerprint density at radius 3 is 2.47 bits per heavy atom. The van der Waals surface area contributed by atoms with Gasteiger partial charge in [-0.1, -0.05) is 60.7 Å². The Balaban J connectivity index is 1.89. The molecule has 19 heavy (non-hydrogen) atoms. The smallest absolute Gasteiger partial charge is 0.256 e. The van der Waals surface area contributed by atoms with Gasteiger partial charge in [-0.2, -0.15) is 0 Å². The third-order valence-corrected chi connectivity index (χ3v) is 3.06. The fourth-order valence-electron chi connectivity index (χ4n) is 2.12. The van der Waals surface area contributed by atoms with Gasteiger partial charge in [-0.05, 0) is 17.7 Å². The highest BCUT2D eigenvalue weighted by molar-refractivity contribution is 6.31. The zero-order valence-corrected chi connectivity index (χ0v) is 10.3. The van der Waals surface area contributed by atoms with Crippen molar-refractivity contribution in [2.24, 2.45) is 0 Å². The van der Waals surface area contributed by atoms with Gasteiger partial charge < -0.3 is 5.32 Å². The number of rotatable bonds is 2. The molecule has 0 spiro atoms. The van der Waals surface area contributed by atoms with E-state index in [0.29, 0.717) is 5.57 Å². The second-order valence-corrected chi connectivity index (χ2v) is 4.35. The molecule has 0 aliphatic carbocycles. The third-order valence-electron chi connectivity index (χ3n) is 3.06. The highest BCUT2D eigenvalue weighted by atomic mass is 16.1. The number of benzene rings is 2. The van der Waals surface area contributed by atoms with Crippen molar-refractivity contribution in [1.29, 1.82) is 0 Å². The van der Waals surface area contributed by atoms with Gasteiger partial charge in [0.1, 0.15) is 0 Å². The quantitative estimate of drug-likeness (QED) is 0.805. The van der Waals surface area contributed by atoms with Crippen LogP contribution in [0, 0.1) is 0 Å². The standard InChI is InChI=1S/C17H13NO/c19-17-15(14-10-4-5-12-16(14)18-17)11-6-9-13-7-2-1-3-8-13/h1-12H,(H,18,19). The minimum Gasteiger partial charge on any atom is -0.321 e. The lowest BCUT2D eigenvalue weighted by Crippen LogP contribution is -2.03. The number of carbonyl (C=O) groups excluding carboxylic acids is 1. The summed E-state index contributed by atoms with van der Waals surface area (Å²) in [7, 11) is 0. The molecule has 1 amide bonds. The Hall–Kier alpha value is -2.61. The first-order valence-electron chi connectivity index (χ1n) is 6.19. The topological polar surface area (TPSA) is 29.1 Å². The van der Waals surface area contributed by atoms with Crippen LogP contribution in [0.5, 0.6) is 0 Å². The Morgan fingerprint density at radius 1 is 0.895 bits per heavy atom. The van der Waals surface area contributed by atoms with E-state index in [2.05, 4.69) is 5.32 Å². The summed E-state index contributed by atoms with van der Waals surface area (Å²) in [5, 5.41) is 2.86. The second-order valence-electron chi connectivity index (χ2n) is 4.35. The van der Waals surface area contributed by atoms with Crippen molar-refractivity contribution in [3.8, 4) is 0 Å². The van der Waals surface area contributed by atoms with Gasteiger partial charge in [0.05, 0.1) is 0 Å². The minimum absolute atomic E-state index is 0.0427. The van der Waals surface area contributed by atoms with Crippen molar-refractivity contribution in [2.45, 2.75) is 0 Å². The number of nitrogens with one attached hydrogen (secondary N) is 1. The second kappa shape index (κ2) is 4.94. The van der Waals surface area contributed by atoms with Crippen LogP contribution < -0.4 is 5.32 Å². The third kappa shape index (κ3) is 2.33. The van der Waals surface area contributed by atoms with Gasteiger partial charge in [0.25, 0.3) is 5.91 Å². The summed E-state index contributed by atoms with van der Waals surface area (Å²) >= 11 is 0. The van der Waals surface area contributed by atoms with Crippen molar-refractivity contribution in [3.05, 3.63) is 77.9 Å². The zero-order valence-electron chi connectivity index (χ0n) is 10.3. The SMILES string of the molecule is O=C1Nc2ccccc2C1=CC=Cc1ccccc1. The number of hydrogen-bond acceptors (Lipinski definition) is 1. The van der Waals surface area contributed by atoms with Crippen molar-refractivity contribution in [3.63, 3.8) is 0 Å². The molecule has 0 fully saturated rings. The van der Waals surface area contributed by atoms with Gasteiger partial charge in [-0.3, -0.25) is 4.79 Å². The molecule has 0 atom stereocenters. The van der Waals surface area contributed by atoms with Crippen LogP contribution in [0.2, 0.25) is 0 Å². The van der Waals surface area contributed by atoms with E-state index >= 15 is 0 Å². The molecule has 0 aromatic heterocycles. The van der Waals surface area contributed by atoms with Gasteiger partial charge in [0.2, 0.25) is 0 Å². The van der Waals surface area contributed by atoms with E-state index in [9.17, 15) is 4.79 Å². The molecule has 1 aliphatic rings. The Bertz CT molecular complexity index is 669. The molecular formula is C17H13NO. The molecule has 2 nitrogen and oxygen atoms in total. The van der Waals surface area contributed by atoms with Crippen LogP contribution in [0.1, 0.15) is 11.1 Å². The summed E-state index contributed by atoms with van der Waals surface area (Å²) in [5.74, 6) is -0.0427. The number of amides is 1. The molecule has 0 radical (unpaired) electrons. The van der Waals surface area contributed by atoms with Crippen LogP contribution in [-0.2, 0) is 4.79 Å². The van der Waals surface area contributed by atoms with Crippen LogP contribution in [0.25, 0.3) is 11.6 Å². The molecule has 0 saturated carbocycles. The number of fused-ring (bicyclic) bond motifs is 1. The number of anilines is 1. The van der Waals surface area contributed by atoms with Gasteiger partial charge in [-0.15, -0.1) is 0 Å². The Kier molecular flexibility index (Phi) is 2.99. The minimum atomic E-state index is -0.0427. The molecule has 1 aliphatic heterocycles. The number of carbonyl (C=O) groups is 1. The molecule has 2 aromatic carbocycles. The Morgan fingerprint density at radius 2 is 1.63 bits per heavy atom. The van der Waals surface area contributed by atoms with Crippen molar-refractivity contribution in [1.82, 2.24) is 0 Å². The molecule has 92 valence electrons. The summed E-state index contributed by atoms with van der Waals surface area (Å²) in [6.07, 6.45) is 5.75. The number of hydrogen-bond donors (Lipinski definition) is 1. The molecule has 3 rings (SSSR count). The maximum atomic E-state index is 11.9. The van der Waals surface area contributed by atoms with Crippen LogP contribution in [-0.4, -0.2) is 5.91 Å². The van der Waals surface area contributed by atoms with E-state index in [1.165, 1.54) is 0 Å². The fourth-order valence-corrected chi connectivity index (χ4v) is 2.12. The Labute approximate surface area is 112 Å². The first kappa shape index (κ1) is 11.5. The maximum Gasteiger partial charge on any atom is 0.256 e. The lowest BCUT2D eigenvalue weighted by molar-refractivity contribution is -0.110. The van der Waals surface area contributed by atoms with E-state index in [4.69, 9.17) is 0 Å². The predicted octanol–water partition coefficient (Wildman–Crippen LogP) is 3.74. The summed E-state index contributed by atoms with van der Waals surface area (Å²) in [6.45, 7) is 0.